The van der Waals surface area contributed by atoms with Gasteiger partial charge in [-0.2, -0.15) is 4.98 Å². The Morgan fingerprint density at radius 1 is 1.40 bits per heavy atom. The number of halogens is 1. The molecule has 1 unspecified atom stereocenters. The maximum atomic E-state index is 12.3. The maximum Gasteiger partial charge on any atom is 0.246 e. The second-order valence-corrected chi connectivity index (χ2v) is 7.00. The van der Waals surface area contributed by atoms with Crippen molar-refractivity contribution in [2.45, 2.75) is 17.5 Å². The third kappa shape index (κ3) is 3.67. The number of amides is 1. The van der Waals surface area contributed by atoms with Crippen molar-refractivity contribution in [2.24, 2.45) is 0 Å². The molecule has 25 heavy (non-hydrogen) atoms. The number of carbonyl (C=O) groups excluding carboxylic acids is 1. The van der Waals surface area contributed by atoms with Gasteiger partial charge < -0.3 is 14.7 Å². The summed E-state index contributed by atoms with van der Waals surface area (Å²) in [4.78, 5) is 21.9. The Balaban J connectivity index is 0.00000182. The lowest BCUT2D eigenvalue weighted by Gasteiger charge is -2.30. The number of piperazine rings is 1. The van der Waals surface area contributed by atoms with Crippen molar-refractivity contribution >= 4 is 35.8 Å². The number of anilines is 1. The zero-order chi connectivity index (χ0) is 16.5. The molecule has 9 heteroatoms. The van der Waals surface area contributed by atoms with Crippen LogP contribution in [0.25, 0.3) is 0 Å². The zero-order valence-electron chi connectivity index (χ0n) is 13.8. The lowest BCUT2D eigenvalue weighted by atomic mass is 10.2. The normalized spacial score (nSPS) is 20.9. The smallest absolute Gasteiger partial charge is 0.246 e. The highest BCUT2D eigenvalue weighted by molar-refractivity contribution is 8.00. The van der Waals surface area contributed by atoms with E-state index in [0.717, 1.165) is 30.2 Å². The van der Waals surface area contributed by atoms with Crippen LogP contribution in [0.2, 0.25) is 0 Å². The fourth-order valence-electron chi connectivity index (χ4n) is 3.02. The number of carbonyl (C=O) groups is 1. The summed E-state index contributed by atoms with van der Waals surface area (Å²) in [5.74, 6) is 1.65. The van der Waals surface area contributed by atoms with Gasteiger partial charge in [0, 0.05) is 24.5 Å². The number of benzene rings is 1. The molecule has 2 aliphatic heterocycles. The summed E-state index contributed by atoms with van der Waals surface area (Å²) >= 11 is 1.57. The fourth-order valence-corrected chi connectivity index (χ4v) is 3.96. The molecule has 1 atom stereocenters. The van der Waals surface area contributed by atoms with Crippen LogP contribution in [0, 0.1) is 0 Å². The molecule has 1 N–H and O–H groups in total. The van der Waals surface area contributed by atoms with E-state index in [0.29, 0.717) is 24.0 Å². The van der Waals surface area contributed by atoms with Crippen LogP contribution < -0.4 is 10.2 Å². The summed E-state index contributed by atoms with van der Waals surface area (Å²) in [6.07, 6.45) is 0. The number of rotatable bonds is 3. The van der Waals surface area contributed by atoms with Crippen molar-refractivity contribution in [3.8, 4) is 0 Å². The Kier molecular flexibility index (Phi) is 5.63. The number of fused-ring (bicyclic) bond motifs is 1. The van der Waals surface area contributed by atoms with Gasteiger partial charge in [-0.1, -0.05) is 17.3 Å². The molecule has 1 fully saturated rings. The average Bonchev–Trinajstić information content (AvgIpc) is 3.06. The predicted molar refractivity (Wildman–Crippen MR) is 98.1 cm³/mol. The van der Waals surface area contributed by atoms with Gasteiger partial charge in [-0.3, -0.25) is 9.69 Å². The molecule has 2 aliphatic rings. The van der Waals surface area contributed by atoms with Crippen molar-refractivity contribution in [3.63, 3.8) is 0 Å². The molecule has 0 bridgehead atoms. The highest BCUT2D eigenvalue weighted by atomic mass is 35.5. The lowest BCUT2D eigenvalue weighted by molar-refractivity contribution is -0.116. The van der Waals surface area contributed by atoms with Gasteiger partial charge in [0.25, 0.3) is 0 Å². The second kappa shape index (κ2) is 7.74. The first-order valence-corrected chi connectivity index (χ1v) is 8.96. The Morgan fingerprint density at radius 2 is 2.24 bits per heavy atom. The van der Waals surface area contributed by atoms with Crippen LogP contribution in [0.4, 0.5) is 5.69 Å². The van der Waals surface area contributed by atoms with E-state index >= 15 is 0 Å². The molecule has 1 saturated heterocycles. The Morgan fingerprint density at radius 3 is 3.08 bits per heavy atom. The van der Waals surface area contributed by atoms with Crippen LogP contribution in [0.1, 0.15) is 17.8 Å². The largest absolute Gasteiger partial charge is 0.337 e. The summed E-state index contributed by atoms with van der Waals surface area (Å²) in [7, 11) is 2.06. The van der Waals surface area contributed by atoms with Gasteiger partial charge in [-0.05, 0) is 19.2 Å². The van der Waals surface area contributed by atoms with Crippen molar-refractivity contribution in [1.29, 1.82) is 0 Å². The van der Waals surface area contributed by atoms with E-state index in [1.54, 1.807) is 16.7 Å². The number of nitrogens with one attached hydrogen (secondary N) is 1. The van der Waals surface area contributed by atoms with E-state index in [4.69, 9.17) is 4.52 Å². The van der Waals surface area contributed by atoms with Gasteiger partial charge in [-0.25, -0.2) is 0 Å². The fraction of sp³-hybridized carbons (Fsp3) is 0.438. The molecular formula is C16H20ClN5O2S. The molecule has 0 spiro atoms. The van der Waals surface area contributed by atoms with Crippen LogP contribution in [-0.4, -0.2) is 53.4 Å². The molecule has 1 amide bonds. The first kappa shape index (κ1) is 18.2. The minimum atomic E-state index is 0. The topological polar surface area (TPSA) is 74.5 Å². The van der Waals surface area contributed by atoms with E-state index in [2.05, 4.69) is 27.4 Å². The summed E-state index contributed by atoms with van der Waals surface area (Å²) in [6.45, 7) is 3.03. The highest BCUT2D eigenvalue weighted by Gasteiger charge is 2.28. The summed E-state index contributed by atoms with van der Waals surface area (Å²) in [5, 5.41) is 7.47. The predicted octanol–water partition coefficient (Wildman–Crippen LogP) is 1.71. The van der Waals surface area contributed by atoms with Crippen LogP contribution >= 0.6 is 24.2 Å². The van der Waals surface area contributed by atoms with E-state index < -0.39 is 0 Å². The van der Waals surface area contributed by atoms with Gasteiger partial charge >= 0.3 is 0 Å². The minimum absolute atomic E-state index is 0. The van der Waals surface area contributed by atoms with E-state index in [-0.39, 0.29) is 24.4 Å². The molecule has 1 aromatic carbocycles. The average molecular weight is 382 g/mol. The third-order valence-electron chi connectivity index (χ3n) is 4.39. The van der Waals surface area contributed by atoms with Gasteiger partial charge in [0.1, 0.15) is 6.54 Å². The van der Waals surface area contributed by atoms with E-state index in [1.165, 1.54) is 0 Å². The van der Waals surface area contributed by atoms with Crippen molar-refractivity contribution in [1.82, 2.24) is 20.4 Å². The summed E-state index contributed by atoms with van der Waals surface area (Å²) in [6, 6.07) is 8.01. The number of hydrogen-bond acceptors (Lipinski definition) is 7. The zero-order valence-corrected chi connectivity index (χ0v) is 15.5. The maximum absolute atomic E-state index is 12.3. The van der Waals surface area contributed by atoms with Crippen molar-refractivity contribution < 1.29 is 9.32 Å². The monoisotopic (exact) mass is 381 g/mol. The number of para-hydroxylation sites is 1. The van der Waals surface area contributed by atoms with Gasteiger partial charge in [0.2, 0.25) is 11.8 Å². The van der Waals surface area contributed by atoms with E-state index in [1.807, 2.05) is 24.3 Å². The molecule has 4 rings (SSSR count). The highest BCUT2D eigenvalue weighted by Crippen LogP contribution is 2.35. The minimum Gasteiger partial charge on any atom is -0.337 e. The van der Waals surface area contributed by atoms with Crippen LogP contribution in [0.3, 0.4) is 0 Å². The van der Waals surface area contributed by atoms with Crippen molar-refractivity contribution in [3.05, 3.63) is 36.0 Å². The Hall–Kier alpha value is -1.61. The molecule has 2 aromatic rings. The number of aromatic nitrogens is 2. The molecule has 0 radical (unpaired) electrons. The Bertz CT molecular complexity index is 756. The molecule has 0 aliphatic carbocycles. The lowest BCUT2D eigenvalue weighted by Crippen LogP contribution is -2.44. The van der Waals surface area contributed by atoms with Gasteiger partial charge in [-0.15, -0.1) is 24.2 Å². The number of likely N-dealkylation sites (N-methyl/N-ethyl adjacent to an activating group) is 1. The summed E-state index contributed by atoms with van der Waals surface area (Å²) in [5.41, 5.74) is 0.912. The molecule has 7 nitrogen and oxygen atoms in total. The first-order chi connectivity index (χ1) is 11.7. The molecule has 0 saturated carbocycles. The van der Waals surface area contributed by atoms with Crippen LogP contribution in [0.15, 0.2) is 33.7 Å². The molecule has 134 valence electrons. The van der Waals surface area contributed by atoms with Gasteiger partial charge in [0.15, 0.2) is 5.82 Å². The number of hydrogen-bond donors (Lipinski definition) is 1. The second-order valence-electron chi connectivity index (χ2n) is 5.98. The van der Waals surface area contributed by atoms with E-state index in [9.17, 15) is 4.79 Å². The van der Waals surface area contributed by atoms with Crippen LogP contribution in [0.5, 0.6) is 0 Å². The first-order valence-electron chi connectivity index (χ1n) is 7.98. The van der Waals surface area contributed by atoms with Crippen LogP contribution in [-0.2, 0) is 11.3 Å². The molecule has 1 aromatic heterocycles. The quantitative estimate of drug-likeness (QED) is 0.867. The standard InChI is InChI=1S/C16H19N5O2S.ClH/c1-20-7-6-17-8-12(20)16-18-14(23-19-16)9-21-11-4-2-3-5-13(11)24-10-15(21)22;/h2-5,12,17H,6-10H2,1H3;1H. The molecule has 3 heterocycles. The van der Waals surface area contributed by atoms with Crippen molar-refractivity contribution in [2.75, 3.05) is 37.3 Å². The Labute approximate surface area is 156 Å². The molecular weight excluding hydrogens is 362 g/mol. The summed E-state index contributed by atoms with van der Waals surface area (Å²) < 4.78 is 5.42. The number of nitrogens with zero attached hydrogens (tertiary/aromatic N) is 4. The SMILES string of the molecule is CN1CCNCC1c1noc(CN2C(=O)CSc3ccccc32)n1.Cl. The third-order valence-corrected chi connectivity index (χ3v) is 5.44. The number of thioether (sulfide) groups is 1. The van der Waals surface area contributed by atoms with Gasteiger partial charge in [0.05, 0.1) is 17.5 Å².